The molecule has 0 heterocycles. The number of hydrogen-bond acceptors (Lipinski definition) is 2. The van der Waals surface area contributed by atoms with Gasteiger partial charge in [-0.15, -0.1) is 0 Å². The highest BCUT2D eigenvalue weighted by molar-refractivity contribution is 9.10. The summed E-state index contributed by atoms with van der Waals surface area (Å²) in [7, 11) is 0. The van der Waals surface area contributed by atoms with E-state index in [4.69, 9.17) is 11.6 Å². The monoisotopic (exact) mass is 311 g/mol. The van der Waals surface area contributed by atoms with Crippen molar-refractivity contribution in [2.75, 3.05) is 0 Å². The SMILES string of the molecule is O=[N+]([O-])c1ccc(Br)cc1-c1ccc(Cl)cc1. The fourth-order valence-electron chi connectivity index (χ4n) is 1.53. The summed E-state index contributed by atoms with van der Waals surface area (Å²) in [5.41, 5.74) is 1.42. The Morgan fingerprint density at radius 2 is 1.76 bits per heavy atom. The maximum atomic E-state index is 10.9. The van der Waals surface area contributed by atoms with Crippen LogP contribution in [0.2, 0.25) is 5.02 Å². The first kappa shape index (κ1) is 12.1. The number of benzene rings is 2. The predicted molar refractivity (Wildman–Crippen MR) is 71.2 cm³/mol. The smallest absolute Gasteiger partial charge is 0.258 e. The van der Waals surface area contributed by atoms with Crippen molar-refractivity contribution in [3.8, 4) is 11.1 Å². The van der Waals surface area contributed by atoms with Crippen molar-refractivity contribution in [2.45, 2.75) is 0 Å². The summed E-state index contributed by atoms with van der Waals surface area (Å²) in [6.07, 6.45) is 0. The van der Waals surface area contributed by atoms with Crippen molar-refractivity contribution in [1.82, 2.24) is 0 Å². The van der Waals surface area contributed by atoms with Crippen LogP contribution in [0.15, 0.2) is 46.9 Å². The summed E-state index contributed by atoms with van der Waals surface area (Å²) in [5, 5.41) is 11.5. The fraction of sp³-hybridized carbons (Fsp3) is 0. The predicted octanol–water partition coefficient (Wildman–Crippen LogP) is 4.68. The zero-order chi connectivity index (χ0) is 12.4. The average molecular weight is 313 g/mol. The van der Waals surface area contributed by atoms with Gasteiger partial charge in [-0.3, -0.25) is 10.1 Å². The van der Waals surface area contributed by atoms with E-state index in [0.717, 1.165) is 10.0 Å². The van der Waals surface area contributed by atoms with Crippen LogP contribution >= 0.6 is 27.5 Å². The zero-order valence-corrected chi connectivity index (χ0v) is 10.9. The summed E-state index contributed by atoms with van der Waals surface area (Å²) < 4.78 is 0.799. The molecule has 0 amide bonds. The van der Waals surface area contributed by atoms with Crippen LogP contribution in [-0.2, 0) is 0 Å². The van der Waals surface area contributed by atoms with Gasteiger partial charge in [0.25, 0.3) is 5.69 Å². The molecule has 0 bridgehead atoms. The molecular formula is C12H7BrClNO2. The van der Waals surface area contributed by atoms with Gasteiger partial charge >= 0.3 is 0 Å². The maximum Gasteiger partial charge on any atom is 0.277 e. The molecule has 2 rings (SSSR count). The van der Waals surface area contributed by atoms with E-state index < -0.39 is 4.92 Å². The minimum absolute atomic E-state index is 0.0792. The van der Waals surface area contributed by atoms with Crippen molar-refractivity contribution >= 4 is 33.2 Å². The van der Waals surface area contributed by atoms with E-state index in [1.165, 1.54) is 6.07 Å². The highest BCUT2D eigenvalue weighted by Gasteiger charge is 2.15. The molecule has 0 aliphatic heterocycles. The van der Waals surface area contributed by atoms with Crippen molar-refractivity contribution in [2.24, 2.45) is 0 Å². The Morgan fingerprint density at radius 1 is 1.12 bits per heavy atom. The van der Waals surface area contributed by atoms with Crippen molar-refractivity contribution in [1.29, 1.82) is 0 Å². The molecule has 0 radical (unpaired) electrons. The molecule has 86 valence electrons. The first-order valence-electron chi connectivity index (χ1n) is 4.78. The second kappa shape index (κ2) is 4.85. The summed E-state index contributed by atoms with van der Waals surface area (Å²) in [6, 6.07) is 11.8. The normalized spacial score (nSPS) is 10.2. The molecule has 0 saturated heterocycles. The Bertz CT molecular complexity index is 569. The van der Waals surface area contributed by atoms with Gasteiger partial charge in [-0.25, -0.2) is 0 Å². The Balaban J connectivity index is 2.60. The summed E-state index contributed by atoms with van der Waals surface area (Å²) >= 11 is 9.10. The number of nitro groups is 1. The molecule has 0 aliphatic rings. The van der Waals surface area contributed by atoms with Gasteiger partial charge in [-0.05, 0) is 29.8 Å². The van der Waals surface area contributed by atoms with Gasteiger partial charge in [0.05, 0.1) is 10.5 Å². The third-order valence-electron chi connectivity index (χ3n) is 2.31. The van der Waals surface area contributed by atoms with Gasteiger partial charge in [0.2, 0.25) is 0 Å². The third kappa shape index (κ3) is 2.65. The Morgan fingerprint density at radius 3 is 2.35 bits per heavy atom. The number of hydrogen-bond donors (Lipinski definition) is 0. The molecular weight excluding hydrogens is 305 g/mol. The minimum atomic E-state index is -0.392. The average Bonchev–Trinajstić information content (AvgIpc) is 2.29. The number of nitrogens with zero attached hydrogens (tertiary/aromatic N) is 1. The zero-order valence-electron chi connectivity index (χ0n) is 8.56. The highest BCUT2D eigenvalue weighted by atomic mass is 79.9. The van der Waals surface area contributed by atoms with Crippen LogP contribution in [0.25, 0.3) is 11.1 Å². The number of rotatable bonds is 2. The second-order valence-corrected chi connectivity index (χ2v) is 4.78. The van der Waals surface area contributed by atoms with Crippen LogP contribution < -0.4 is 0 Å². The molecule has 17 heavy (non-hydrogen) atoms. The van der Waals surface area contributed by atoms with Gasteiger partial charge in [-0.1, -0.05) is 39.7 Å². The van der Waals surface area contributed by atoms with Crippen LogP contribution in [0.3, 0.4) is 0 Å². The summed E-state index contributed by atoms with van der Waals surface area (Å²) in [6.45, 7) is 0. The molecule has 0 spiro atoms. The topological polar surface area (TPSA) is 43.1 Å². The first-order valence-corrected chi connectivity index (χ1v) is 5.95. The number of halogens is 2. The van der Waals surface area contributed by atoms with Crippen LogP contribution in [0.1, 0.15) is 0 Å². The van der Waals surface area contributed by atoms with Gasteiger partial charge in [-0.2, -0.15) is 0 Å². The van der Waals surface area contributed by atoms with Crippen LogP contribution in [-0.4, -0.2) is 4.92 Å². The van der Waals surface area contributed by atoms with Crippen molar-refractivity contribution in [3.63, 3.8) is 0 Å². The quantitative estimate of drug-likeness (QED) is 0.597. The molecule has 0 aromatic heterocycles. The molecule has 5 heteroatoms. The van der Waals surface area contributed by atoms with Crippen molar-refractivity contribution < 1.29 is 4.92 Å². The van der Waals surface area contributed by atoms with E-state index in [2.05, 4.69) is 15.9 Å². The summed E-state index contributed by atoms with van der Waals surface area (Å²) in [5.74, 6) is 0. The largest absolute Gasteiger partial charge is 0.277 e. The maximum absolute atomic E-state index is 10.9. The molecule has 2 aromatic carbocycles. The molecule has 3 nitrogen and oxygen atoms in total. The Hall–Kier alpha value is -1.39. The second-order valence-electron chi connectivity index (χ2n) is 3.43. The summed E-state index contributed by atoms with van der Waals surface area (Å²) in [4.78, 5) is 10.5. The lowest BCUT2D eigenvalue weighted by atomic mass is 10.0. The Kier molecular flexibility index (Phi) is 3.45. The molecule has 2 aromatic rings. The number of nitro benzene ring substituents is 1. The molecule has 0 fully saturated rings. The lowest BCUT2D eigenvalue weighted by Crippen LogP contribution is -1.91. The minimum Gasteiger partial charge on any atom is -0.258 e. The standard InChI is InChI=1S/C12H7BrClNO2/c13-9-3-6-12(15(16)17)11(7-9)8-1-4-10(14)5-2-8/h1-7H. The van der Waals surface area contributed by atoms with Gasteiger partial charge < -0.3 is 0 Å². The van der Waals surface area contributed by atoms with E-state index in [1.807, 2.05) is 0 Å². The van der Waals surface area contributed by atoms with Crippen LogP contribution in [0.5, 0.6) is 0 Å². The van der Waals surface area contributed by atoms with Gasteiger partial charge in [0.15, 0.2) is 0 Å². The fourth-order valence-corrected chi connectivity index (χ4v) is 2.02. The van der Waals surface area contributed by atoms with Gasteiger partial charge in [0, 0.05) is 15.6 Å². The lowest BCUT2D eigenvalue weighted by molar-refractivity contribution is -0.384. The van der Waals surface area contributed by atoms with E-state index in [1.54, 1.807) is 36.4 Å². The highest BCUT2D eigenvalue weighted by Crippen LogP contribution is 2.32. The first-order chi connectivity index (χ1) is 8.08. The van der Waals surface area contributed by atoms with Crippen LogP contribution in [0, 0.1) is 10.1 Å². The van der Waals surface area contributed by atoms with Crippen molar-refractivity contribution in [3.05, 3.63) is 62.1 Å². The van der Waals surface area contributed by atoms with Gasteiger partial charge in [0.1, 0.15) is 0 Å². The molecule has 0 saturated carbocycles. The molecule has 0 unspecified atom stereocenters. The molecule has 0 atom stereocenters. The van der Waals surface area contributed by atoms with Crippen LogP contribution in [0.4, 0.5) is 5.69 Å². The van der Waals surface area contributed by atoms with E-state index in [0.29, 0.717) is 10.6 Å². The molecule has 0 aliphatic carbocycles. The van der Waals surface area contributed by atoms with E-state index in [9.17, 15) is 10.1 Å². The van der Waals surface area contributed by atoms with E-state index >= 15 is 0 Å². The lowest BCUT2D eigenvalue weighted by Gasteiger charge is -2.04. The van der Waals surface area contributed by atoms with E-state index in [-0.39, 0.29) is 5.69 Å². The molecule has 0 N–H and O–H groups in total. The Labute approximate surface area is 111 Å². The third-order valence-corrected chi connectivity index (χ3v) is 3.06.